The predicted octanol–water partition coefficient (Wildman–Crippen LogP) is 2.68. The number of carbonyl (C=O) groups is 1. The molecule has 172 valence electrons. The van der Waals surface area contributed by atoms with Crippen molar-refractivity contribution >= 4 is 37.5 Å². The maximum atomic E-state index is 12.3. The molecule has 0 aliphatic heterocycles. The van der Waals surface area contributed by atoms with Crippen LogP contribution < -0.4 is 15.6 Å². The van der Waals surface area contributed by atoms with E-state index in [2.05, 4.69) is 20.0 Å². The Balaban J connectivity index is 1.52. The summed E-state index contributed by atoms with van der Waals surface area (Å²) in [7, 11) is -3.37. The van der Waals surface area contributed by atoms with Gasteiger partial charge in [0.25, 0.3) is 5.56 Å². The summed E-state index contributed by atoms with van der Waals surface area (Å²) in [6.45, 7) is 7.76. The lowest BCUT2D eigenvalue weighted by atomic mass is 10.1. The van der Waals surface area contributed by atoms with Crippen LogP contribution in [0.25, 0.3) is 10.2 Å². The monoisotopic (exact) mass is 476 g/mol. The van der Waals surface area contributed by atoms with E-state index >= 15 is 0 Å². The molecular weight excluding hydrogens is 448 g/mol. The standard InChI is InChI=1S/C22H28N4O4S2/c1-13(2)26-32(29,30)12-17-7-5-16(6-8-17)11-23-19(27)10-9-18-24-21(28)20-14(3)15(4)31-22(20)25-18/h5-8,13,26H,9-12H2,1-4H3,(H,23,27)(H,24,25,28). The molecule has 3 N–H and O–H groups in total. The molecule has 2 aromatic heterocycles. The quantitative estimate of drug-likeness (QED) is 0.438. The molecule has 32 heavy (non-hydrogen) atoms. The summed E-state index contributed by atoms with van der Waals surface area (Å²) in [5.74, 6) is 0.259. The number of aromatic amines is 1. The Morgan fingerprint density at radius 3 is 2.47 bits per heavy atom. The molecule has 10 heteroatoms. The maximum absolute atomic E-state index is 12.3. The lowest BCUT2D eigenvalue weighted by Crippen LogP contribution is -2.31. The van der Waals surface area contributed by atoms with Gasteiger partial charge in [-0.05, 0) is 44.4 Å². The molecule has 0 spiro atoms. The van der Waals surface area contributed by atoms with E-state index < -0.39 is 10.0 Å². The van der Waals surface area contributed by atoms with Crippen LogP contribution in [0.4, 0.5) is 0 Å². The zero-order chi connectivity index (χ0) is 23.5. The van der Waals surface area contributed by atoms with Gasteiger partial charge in [0.15, 0.2) is 0 Å². The summed E-state index contributed by atoms with van der Waals surface area (Å²) in [4.78, 5) is 33.6. The second-order valence-electron chi connectivity index (χ2n) is 8.10. The predicted molar refractivity (Wildman–Crippen MR) is 127 cm³/mol. The molecule has 1 aromatic carbocycles. The Hall–Kier alpha value is -2.56. The zero-order valence-electron chi connectivity index (χ0n) is 18.6. The molecule has 0 bridgehead atoms. The van der Waals surface area contributed by atoms with Crippen molar-refractivity contribution in [2.24, 2.45) is 0 Å². The molecule has 1 amide bonds. The van der Waals surface area contributed by atoms with Gasteiger partial charge in [0.05, 0.1) is 11.1 Å². The third-order valence-electron chi connectivity index (χ3n) is 4.96. The zero-order valence-corrected chi connectivity index (χ0v) is 20.2. The van der Waals surface area contributed by atoms with Crippen LogP contribution in [0, 0.1) is 13.8 Å². The highest BCUT2D eigenvalue weighted by Crippen LogP contribution is 2.25. The van der Waals surface area contributed by atoms with Gasteiger partial charge in [0.2, 0.25) is 15.9 Å². The molecule has 0 radical (unpaired) electrons. The van der Waals surface area contributed by atoms with Gasteiger partial charge in [0, 0.05) is 30.3 Å². The molecular formula is C22H28N4O4S2. The molecule has 0 aliphatic carbocycles. The van der Waals surface area contributed by atoms with E-state index in [-0.39, 0.29) is 29.7 Å². The van der Waals surface area contributed by atoms with E-state index in [1.54, 1.807) is 38.1 Å². The Labute approximate surface area is 191 Å². The Bertz CT molecular complexity index is 1280. The lowest BCUT2D eigenvalue weighted by molar-refractivity contribution is -0.121. The highest BCUT2D eigenvalue weighted by molar-refractivity contribution is 7.88. The molecule has 0 fully saturated rings. The van der Waals surface area contributed by atoms with Gasteiger partial charge in [-0.3, -0.25) is 9.59 Å². The fourth-order valence-electron chi connectivity index (χ4n) is 3.31. The fourth-order valence-corrected chi connectivity index (χ4v) is 5.79. The average Bonchev–Trinajstić information content (AvgIpc) is 2.98. The molecule has 0 saturated heterocycles. The third kappa shape index (κ3) is 6.24. The SMILES string of the molecule is Cc1sc2nc(CCC(=O)NCc3ccc(CS(=O)(=O)NC(C)C)cc3)[nH]c(=O)c2c1C. The number of aromatic nitrogens is 2. The van der Waals surface area contributed by atoms with Crippen LogP contribution in [-0.4, -0.2) is 30.3 Å². The Kier molecular flexibility index (Phi) is 7.47. The smallest absolute Gasteiger partial charge is 0.259 e. The Morgan fingerprint density at radius 1 is 1.16 bits per heavy atom. The molecule has 3 rings (SSSR count). The first kappa shape index (κ1) is 24.1. The molecule has 0 aliphatic rings. The second kappa shape index (κ2) is 9.93. The van der Waals surface area contributed by atoms with E-state index in [4.69, 9.17) is 0 Å². The van der Waals surface area contributed by atoms with Gasteiger partial charge in [-0.25, -0.2) is 18.1 Å². The summed E-state index contributed by atoms with van der Waals surface area (Å²) in [6.07, 6.45) is 0.543. The highest BCUT2D eigenvalue weighted by Gasteiger charge is 2.14. The van der Waals surface area contributed by atoms with Gasteiger partial charge in [0.1, 0.15) is 10.7 Å². The van der Waals surface area contributed by atoms with E-state index in [1.807, 2.05) is 13.8 Å². The minimum Gasteiger partial charge on any atom is -0.352 e. The first-order chi connectivity index (χ1) is 15.0. The van der Waals surface area contributed by atoms with Crippen LogP contribution in [-0.2, 0) is 33.5 Å². The van der Waals surface area contributed by atoms with Crippen LogP contribution in [0.5, 0.6) is 0 Å². The van der Waals surface area contributed by atoms with Crippen molar-refractivity contribution in [3.63, 3.8) is 0 Å². The van der Waals surface area contributed by atoms with Crippen molar-refractivity contribution in [1.29, 1.82) is 0 Å². The third-order valence-corrected chi connectivity index (χ3v) is 7.61. The topological polar surface area (TPSA) is 121 Å². The van der Waals surface area contributed by atoms with Crippen LogP contribution in [0.1, 0.15) is 47.7 Å². The van der Waals surface area contributed by atoms with Gasteiger partial charge in [-0.2, -0.15) is 0 Å². The molecule has 0 atom stereocenters. The molecule has 8 nitrogen and oxygen atoms in total. The summed E-state index contributed by atoms with van der Waals surface area (Å²) < 4.78 is 26.6. The number of thiophene rings is 1. The maximum Gasteiger partial charge on any atom is 0.259 e. The van der Waals surface area contributed by atoms with Crippen molar-refractivity contribution < 1.29 is 13.2 Å². The van der Waals surface area contributed by atoms with Crippen LogP contribution >= 0.6 is 11.3 Å². The minimum absolute atomic E-state index is 0.0867. The number of benzene rings is 1. The number of hydrogen-bond acceptors (Lipinski definition) is 6. The number of rotatable bonds is 9. The second-order valence-corrected chi connectivity index (χ2v) is 11.1. The molecule has 0 saturated carbocycles. The lowest BCUT2D eigenvalue weighted by Gasteiger charge is -2.10. The van der Waals surface area contributed by atoms with Gasteiger partial charge in [-0.1, -0.05) is 24.3 Å². The summed E-state index contributed by atoms with van der Waals surface area (Å²) >= 11 is 1.48. The summed E-state index contributed by atoms with van der Waals surface area (Å²) in [5, 5.41) is 3.46. The van der Waals surface area contributed by atoms with E-state index in [9.17, 15) is 18.0 Å². The highest BCUT2D eigenvalue weighted by atomic mass is 32.2. The average molecular weight is 477 g/mol. The largest absolute Gasteiger partial charge is 0.352 e. The number of amides is 1. The fraction of sp³-hybridized carbons (Fsp3) is 0.409. The van der Waals surface area contributed by atoms with Crippen molar-refractivity contribution in [1.82, 2.24) is 20.0 Å². The van der Waals surface area contributed by atoms with Crippen molar-refractivity contribution in [2.45, 2.75) is 58.9 Å². The minimum atomic E-state index is -3.37. The Morgan fingerprint density at radius 2 is 1.81 bits per heavy atom. The van der Waals surface area contributed by atoms with Crippen LogP contribution in [0.15, 0.2) is 29.1 Å². The van der Waals surface area contributed by atoms with Gasteiger partial charge < -0.3 is 10.3 Å². The number of nitrogens with one attached hydrogen (secondary N) is 3. The van der Waals surface area contributed by atoms with E-state index in [0.717, 1.165) is 16.0 Å². The van der Waals surface area contributed by atoms with Crippen molar-refractivity contribution in [3.8, 4) is 0 Å². The summed E-state index contributed by atoms with van der Waals surface area (Å²) in [5.41, 5.74) is 2.33. The first-order valence-corrected chi connectivity index (χ1v) is 12.8. The number of fused-ring (bicyclic) bond motifs is 1. The number of aryl methyl sites for hydroxylation is 3. The molecule has 0 unspecified atom stereocenters. The first-order valence-electron chi connectivity index (χ1n) is 10.4. The van der Waals surface area contributed by atoms with Crippen molar-refractivity contribution in [3.05, 3.63) is 62.0 Å². The van der Waals surface area contributed by atoms with Crippen LogP contribution in [0.3, 0.4) is 0 Å². The number of H-pyrrole nitrogens is 1. The molecule has 3 aromatic rings. The number of nitrogens with zero attached hydrogens (tertiary/aromatic N) is 1. The molecule has 2 heterocycles. The van der Waals surface area contributed by atoms with Gasteiger partial charge >= 0.3 is 0 Å². The number of sulfonamides is 1. The van der Waals surface area contributed by atoms with Gasteiger partial charge in [-0.15, -0.1) is 11.3 Å². The number of carbonyl (C=O) groups excluding carboxylic acids is 1. The van der Waals surface area contributed by atoms with E-state index in [0.29, 0.717) is 34.6 Å². The normalized spacial score (nSPS) is 11.9. The van der Waals surface area contributed by atoms with Crippen LogP contribution in [0.2, 0.25) is 0 Å². The van der Waals surface area contributed by atoms with E-state index in [1.165, 1.54) is 11.3 Å². The number of hydrogen-bond donors (Lipinski definition) is 3. The van der Waals surface area contributed by atoms with Crippen molar-refractivity contribution in [2.75, 3.05) is 0 Å². The summed E-state index contributed by atoms with van der Waals surface area (Å²) in [6, 6.07) is 6.94.